The molecule has 2 aliphatic carbocycles. The summed E-state index contributed by atoms with van der Waals surface area (Å²) in [4.78, 5) is 24.7. The van der Waals surface area contributed by atoms with Crippen molar-refractivity contribution in [3.8, 4) is 0 Å². The quantitative estimate of drug-likeness (QED) is 0.528. The molecule has 186 valence electrons. The van der Waals surface area contributed by atoms with E-state index in [1.54, 1.807) is 26.3 Å². The second-order valence-corrected chi connectivity index (χ2v) is 8.97. The van der Waals surface area contributed by atoms with Crippen molar-refractivity contribution >= 4 is 17.8 Å². The predicted octanol–water partition coefficient (Wildman–Crippen LogP) is 3.39. The molecule has 2 fully saturated rings. The van der Waals surface area contributed by atoms with Crippen LogP contribution in [0.15, 0.2) is 12.1 Å². The van der Waals surface area contributed by atoms with Gasteiger partial charge in [-0.2, -0.15) is 23.4 Å². The van der Waals surface area contributed by atoms with Gasteiger partial charge in [-0.25, -0.2) is 4.79 Å². The zero-order valence-electron chi connectivity index (χ0n) is 18.9. The average Bonchev–Trinajstić information content (AvgIpc) is 3.11. The number of anilines is 1. The number of nitrogens with zero attached hydrogens (tertiary/aromatic N) is 3. The van der Waals surface area contributed by atoms with E-state index in [1.807, 2.05) is 0 Å². The van der Waals surface area contributed by atoms with Crippen molar-refractivity contribution in [2.75, 3.05) is 12.4 Å². The lowest BCUT2D eigenvalue weighted by Gasteiger charge is -2.20. The molecule has 3 N–H and O–H groups in total. The van der Waals surface area contributed by atoms with Crippen molar-refractivity contribution in [3.05, 3.63) is 29.2 Å². The number of rotatable bonds is 8. The summed E-state index contributed by atoms with van der Waals surface area (Å²) < 4.78 is 49.9. The van der Waals surface area contributed by atoms with Crippen LogP contribution in [0.25, 0.3) is 0 Å². The minimum atomic E-state index is -4.33. The average molecular weight is 484 g/mol. The van der Waals surface area contributed by atoms with E-state index in [0.29, 0.717) is 55.9 Å². The SMILES string of the molecule is COCc1cc(C(=O)Nc2cc([C@H]3CC[C@@H](OC(=O)NC4(CC(F)(F)F)CC4)C3)[nH]n2)n(C)n1. The van der Waals surface area contributed by atoms with Gasteiger partial charge in [0.2, 0.25) is 0 Å². The maximum absolute atomic E-state index is 12.7. The minimum absolute atomic E-state index is 0.0195. The predicted molar refractivity (Wildman–Crippen MR) is 113 cm³/mol. The van der Waals surface area contributed by atoms with Crippen molar-refractivity contribution in [3.63, 3.8) is 0 Å². The van der Waals surface area contributed by atoms with Crippen LogP contribution in [-0.2, 0) is 23.1 Å². The monoisotopic (exact) mass is 484 g/mol. The summed E-state index contributed by atoms with van der Waals surface area (Å²) in [7, 11) is 3.20. The molecular weight excluding hydrogens is 457 g/mol. The van der Waals surface area contributed by atoms with E-state index >= 15 is 0 Å². The van der Waals surface area contributed by atoms with Gasteiger partial charge in [-0.1, -0.05) is 0 Å². The van der Waals surface area contributed by atoms with Crippen molar-refractivity contribution in [2.45, 2.75) is 68.9 Å². The third-order valence-electron chi connectivity index (χ3n) is 6.15. The Kier molecular flexibility index (Phi) is 6.56. The molecule has 2 heterocycles. The molecule has 0 aliphatic heterocycles. The zero-order chi connectivity index (χ0) is 24.5. The Morgan fingerprint density at radius 1 is 1.29 bits per heavy atom. The van der Waals surface area contributed by atoms with E-state index < -0.39 is 30.3 Å². The second-order valence-electron chi connectivity index (χ2n) is 8.97. The maximum Gasteiger partial charge on any atom is 0.407 e. The third kappa shape index (κ3) is 5.88. The first-order chi connectivity index (χ1) is 16.1. The van der Waals surface area contributed by atoms with Crippen LogP contribution in [0.2, 0.25) is 0 Å². The van der Waals surface area contributed by atoms with Crippen LogP contribution in [0.5, 0.6) is 0 Å². The lowest BCUT2D eigenvalue weighted by Crippen LogP contribution is -2.41. The molecule has 0 spiro atoms. The van der Waals surface area contributed by atoms with Gasteiger partial charge in [0.15, 0.2) is 5.82 Å². The smallest absolute Gasteiger partial charge is 0.407 e. The highest BCUT2D eigenvalue weighted by Crippen LogP contribution is 2.44. The van der Waals surface area contributed by atoms with Crippen LogP contribution >= 0.6 is 0 Å². The van der Waals surface area contributed by atoms with Crippen molar-refractivity contribution in [1.82, 2.24) is 25.3 Å². The Morgan fingerprint density at radius 3 is 2.74 bits per heavy atom. The number of hydrogen-bond acceptors (Lipinski definition) is 6. The number of amides is 2. The highest BCUT2D eigenvalue weighted by atomic mass is 19.4. The van der Waals surface area contributed by atoms with Gasteiger partial charge >= 0.3 is 12.3 Å². The highest BCUT2D eigenvalue weighted by molar-refractivity contribution is 6.02. The fraction of sp³-hybridized carbons (Fsp3) is 0.619. The molecule has 10 nitrogen and oxygen atoms in total. The van der Waals surface area contributed by atoms with Crippen LogP contribution < -0.4 is 10.6 Å². The Morgan fingerprint density at radius 2 is 2.06 bits per heavy atom. The number of aryl methyl sites for hydroxylation is 1. The van der Waals surface area contributed by atoms with Crippen LogP contribution in [0.3, 0.4) is 0 Å². The number of alkyl carbamates (subject to hydrolysis) is 1. The number of aromatic amines is 1. The summed E-state index contributed by atoms with van der Waals surface area (Å²) in [6, 6.07) is 3.36. The maximum atomic E-state index is 12.7. The van der Waals surface area contributed by atoms with Gasteiger partial charge in [-0.05, 0) is 38.2 Å². The van der Waals surface area contributed by atoms with E-state index in [-0.39, 0.29) is 11.8 Å². The van der Waals surface area contributed by atoms with Gasteiger partial charge in [0, 0.05) is 31.8 Å². The first kappa shape index (κ1) is 24.0. The summed E-state index contributed by atoms with van der Waals surface area (Å²) in [5.74, 6) is -0.00184. The number of methoxy groups -OCH3 is 1. The van der Waals surface area contributed by atoms with Gasteiger partial charge in [-0.15, -0.1) is 0 Å². The molecule has 2 aromatic heterocycles. The molecule has 34 heavy (non-hydrogen) atoms. The molecule has 0 aromatic carbocycles. The summed E-state index contributed by atoms with van der Waals surface area (Å²) in [5, 5.41) is 16.4. The Labute approximate surface area is 193 Å². The number of nitrogens with one attached hydrogen (secondary N) is 3. The number of carbonyl (C=O) groups excluding carboxylic acids is 2. The molecule has 2 amide bonds. The Bertz CT molecular complexity index is 1050. The van der Waals surface area contributed by atoms with E-state index in [2.05, 4.69) is 25.9 Å². The minimum Gasteiger partial charge on any atom is -0.446 e. The number of carbonyl (C=O) groups is 2. The zero-order valence-corrected chi connectivity index (χ0v) is 18.9. The molecule has 0 unspecified atom stereocenters. The van der Waals surface area contributed by atoms with Crippen molar-refractivity contribution in [2.24, 2.45) is 7.05 Å². The topological polar surface area (TPSA) is 123 Å². The van der Waals surface area contributed by atoms with E-state index in [9.17, 15) is 22.8 Å². The second kappa shape index (κ2) is 9.28. The number of halogens is 3. The number of H-pyrrole nitrogens is 1. The molecule has 4 rings (SSSR count). The molecule has 13 heteroatoms. The Hall–Kier alpha value is -3.09. The van der Waals surface area contributed by atoms with Crippen molar-refractivity contribution in [1.29, 1.82) is 0 Å². The number of aromatic nitrogens is 4. The van der Waals surface area contributed by atoms with Gasteiger partial charge in [0.05, 0.1) is 24.3 Å². The van der Waals surface area contributed by atoms with Crippen LogP contribution in [0, 0.1) is 0 Å². The number of alkyl halides is 3. The molecular formula is C21H27F3N6O4. The Balaban J connectivity index is 1.28. The molecule has 2 atom stereocenters. The van der Waals surface area contributed by atoms with Crippen molar-refractivity contribution < 1.29 is 32.2 Å². The number of hydrogen-bond donors (Lipinski definition) is 3. The fourth-order valence-corrected chi connectivity index (χ4v) is 4.36. The first-order valence-electron chi connectivity index (χ1n) is 11.0. The van der Waals surface area contributed by atoms with E-state index in [0.717, 1.165) is 5.69 Å². The van der Waals surface area contributed by atoms with E-state index in [1.165, 1.54) is 4.68 Å². The number of ether oxygens (including phenoxy) is 2. The summed E-state index contributed by atoms with van der Waals surface area (Å²) in [6.45, 7) is 0.292. The third-order valence-corrected chi connectivity index (χ3v) is 6.15. The molecule has 0 saturated heterocycles. The lowest BCUT2D eigenvalue weighted by molar-refractivity contribution is -0.141. The summed E-state index contributed by atoms with van der Waals surface area (Å²) >= 11 is 0. The lowest BCUT2D eigenvalue weighted by atomic mass is 10.0. The summed E-state index contributed by atoms with van der Waals surface area (Å²) in [6.07, 6.45) is -4.19. The van der Waals surface area contributed by atoms with Crippen LogP contribution in [-0.4, -0.2) is 56.9 Å². The van der Waals surface area contributed by atoms with Gasteiger partial charge in [-0.3, -0.25) is 14.6 Å². The highest BCUT2D eigenvalue weighted by Gasteiger charge is 2.52. The normalized spacial score (nSPS) is 21.3. The fourth-order valence-electron chi connectivity index (χ4n) is 4.36. The van der Waals surface area contributed by atoms with Gasteiger partial charge in [0.25, 0.3) is 5.91 Å². The van der Waals surface area contributed by atoms with Crippen LogP contribution in [0.1, 0.15) is 66.3 Å². The van der Waals surface area contributed by atoms with Gasteiger partial charge in [0.1, 0.15) is 11.8 Å². The van der Waals surface area contributed by atoms with E-state index in [4.69, 9.17) is 9.47 Å². The summed E-state index contributed by atoms with van der Waals surface area (Å²) in [5.41, 5.74) is 0.547. The standard InChI is InChI=1S/C21H27F3N6O4/c1-30-16(8-13(29-30)10-33-2)18(31)25-17-9-15(27-28-17)12-3-4-14(7-12)34-19(32)26-20(5-6-20)11-21(22,23)24/h8-9,12,14H,3-7,10-11H2,1-2H3,(H,26,32)(H2,25,27,28,31)/t12-,14+/m0/s1. The molecule has 0 radical (unpaired) electrons. The first-order valence-corrected chi connectivity index (χ1v) is 11.0. The van der Waals surface area contributed by atoms with Crippen LogP contribution in [0.4, 0.5) is 23.8 Å². The molecule has 2 saturated carbocycles. The largest absolute Gasteiger partial charge is 0.446 e. The van der Waals surface area contributed by atoms with Gasteiger partial charge < -0.3 is 20.1 Å². The molecule has 2 aromatic rings. The molecule has 0 bridgehead atoms. The molecule has 2 aliphatic rings.